The lowest BCUT2D eigenvalue weighted by Crippen LogP contribution is -2.12. The largest absolute Gasteiger partial charge is 0.494 e. The monoisotopic (exact) mass is 523 g/mol. The highest BCUT2D eigenvalue weighted by atomic mass is 32.2. The van der Waals surface area contributed by atoms with Crippen LogP contribution in [0.2, 0.25) is 0 Å². The van der Waals surface area contributed by atoms with E-state index in [4.69, 9.17) is 4.74 Å². The topological polar surface area (TPSA) is 106 Å². The minimum atomic E-state index is -3.72. The molecule has 0 amide bonds. The van der Waals surface area contributed by atoms with Gasteiger partial charge in [-0.15, -0.1) is 22.7 Å². The summed E-state index contributed by atoms with van der Waals surface area (Å²) in [6, 6.07) is 14.5. The highest BCUT2D eigenvalue weighted by molar-refractivity contribution is 7.93. The average Bonchev–Trinajstić information content (AvgIpc) is 3.47. The van der Waals surface area contributed by atoms with Crippen LogP contribution >= 0.6 is 22.7 Å². The lowest BCUT2D eigenvalue weighted by atomic mass is 10.0. The maximum Gasteiger partial charge on any atom is 0.263 e. The molecule has 0 aliphatic rings. The Morgan fingerprint density at radius 1 is 1.00 bits per heavy atom. The second kappa shape index (κ2) is 9.61. The van der Waals surface area contributed by atoms with Crippen LogP contribution in [0.3, 0.4) is 0 Å². The number of rotatable bonds is 8. The fourth-order valence-corrected chi connectivity index (χ4v) is 6.47. The molecule has 0 aliphatic carbocycles. The summed E-state index contributed by atoms with van der Waals surface area (Å²) < 4.78 is 33.3. The van der Waals surface area contributed by atoms with Crippen LogP contribution in [0.15, 0.2) is 71.3 Å². The number of hydrogen-bond acceptors (Lipinski definition) is 9. The Labute approximate surface area is 210 Å². The van der Waals surface area contributed by atoms with Crippen molar-refractivity contribution in [2.24, 2.45) is 0 Å². The van der Waals surface area contributed by atoms with Gasteiger partial charge in [-0.25, -0.2) is 23.4 Å². The molecule has 3 aromatic heterocycles. The molecule has 0 aliphatic heterocycles. The van der Waals surface area contributed by atoms with E-state index in [-0.39, 0.29) is 4.90 Å². The minimum Gasteiger partial charge on any atom is -0.494 e. The van der Waals surface area contributed by atoms with E-state index in [0.717, 1.165) is 32.0 Å². The van der Waals surface area contributed by atoms with Crippen LogP contribution in [0.25, 0.3) is 21.3 Å². The number of ether oxygens (including phenoxy) is 1. The molecule has 3 heterocycles. The van der Waals surface area contributed by atoms with Crippen LogP contribution in [0.1, 0.15) is 11.8 Å². The van der Waals surface area contributed by atoms with Gasteiger partial charge in [-0.3, -0.25) is 4.72 Å². The fourth-order valence-electron chi connectivity index (χ4n) is 3.67. The van der Waals surface area contributed by atoms with Crippen LogP contribution in [0, 0.1) is 6.92 Å². The Kier molecular flexibility index (Phi) is 6.37. The first-order chi connectivity index (χ1) is 16.9. The van der Waals surface area contributed by atoms with Gasteiger partial charge in [-0.1, -0.05) is 12.1 Å². The summed E-state index contributed by atoms with van der Waals surface area (Å²) >= 11 is 2.83. The molecule has 2 N–H and O–H groups in total. The number of anilines is 3. The highest BCUT2D eigenvalue weighted by Gasteiger charge is 2.18. The summed E-state index contributed by atoms with van der Waals surface area (Å²) in [6.45, 7) is 4.64. The Morgan fingerprint density at radius 3 is 2.46 bits per heavy atom. The quantitative estimate of drug-likeness (QED) is 0.254. The zero-order chi connectivity index (χ0) is 24.4. The van der Waals surface area contributed by atoms with Gasteiger partial charge in [0.2, 0.25) is 0 Å². The van der Waals surface area contributed by atoms with E-state index in [2.05, 4.69) is 31.9 Å². The maximum absolute atomic E-state index is 12.6. The SMILES string of the molecule is CCOc1ccc(-c2c(C)sc3ncnc(Nc4ccc(S(=O)(=O)Nc5nccs5)cc4)c23)cc1. The van der Waals surface area contributed by atoms with E-state index in [0.29, 0.717) is 23.2 Å². The van der Waals surface area contributed by atoms with Gasteiger partial charge >= 0.3 is 0 Å². The van der Waals surface area contributed by atoms with Crippen molar-refractivity contribution in [2.45, 2.75) is 18.7 Å². The normalized spacial score (nSPS) is 11.5. The van der Waals surface area contributed by atoms with Gasteiger partial charge in [0.05, 0.1) is 16.9 Å². The van der Waals surface area contributed by atoms with Crippen molar-refractivity contribution in [3.8, 4) is 16.9 Å². The molecule has 0 atom stereocenters. The van der Waals surface area contributed by atoms with E-state index in [1.54, 1.807) is 47.2 Å². The first kappa shape index (κ1) is 23.2. The van der Waals surface area contributed by atoms with E-state index in [9.17, 15) is 8.42 Å². The van der Waals surface area contributed by atoms with Crippen molar-refractivity contribution in [2.75, 3.05) is 16.6 Å². The molecular weight excluding hydrogens is 502 g/mol. The van der Waals surface area contributed by atoms with Crippen molar-refractivity contribution < 1.29 is 13.2 Å². The molecule has 2 aromatic carbocycles. The van der Waals surface area contributed by atoms with Gasteiger partial charge < -0.3 is 10.1 Å². The minimum absolute atomic E-state index is 0.146. The first-order valence-electron chi connectivity index (χ1n) is 10.7. The number of nitrogens with one attached hydrogen (secondary N) is 2. The second-order valence-electron chi connectivity index (χ2n) is 7.49. The zero-order valence-electron chi connectivity index (χ0n) is 18.8. The maximum atomic E-state index is 12.6. The van der Waals surface area contributed by atoms with Gasteiger partial charge in [0, 0.05) is 27.7 Å². The number of sulfonamides is 1. The van der Waals surface area contributed by atoms with E-state index in [1.807, 2.05) is 31.2 Å². The number of benzene rings is 2. The third-order valence-corrected chi connectivity index (χ3v) is 8.39. The molecule has 0 saturated heterocycles. The average molecular weight is 524 g/mol. The fraction of sp³-hybridized carbons (Fsp3) is 0.125. The second-order valence-corrected chi connectivity index (χ2v) is 11.3. The zero-order valence-corrected chi connectivity index (χ0v) is 21.3. The summed E-state index contributed by atoms with van der Waals surface area (Å²) in [6.07, 6.45) is 3.07. The van der Waals surface area contributed by atoms with Crippen LogP contribution < -0.4 is 14.8 Å². The van der Waals surface area contributed by atoms with Crippen molar-refractivity contribution in [3.63, 3.8) is 0 Å². The molecule has 0 saturated carbocycles. The Balaban J connectivity index is 1.46. The third kappa shape index (κ3) is 4.83. The Bertz CT molecular complexity index is 1560. The number of hydrogen-bond donors (Lipinski definition) is 2. The first-order valence-corrected chi connectivity index (χ1v) is 13.9. The van der Waals surface area contributed by atoms with E-state index in [1.165, 1.54) is 17.7 Å². The van der Waals surface area contributed by atoms with Gasteiger partial charge in [-0.2, -0.15) is 0 Å². The molecule has 178 valence electrons. The number of nitrogens with zero attached hydrogens (tertiary/aromatic N) is 3. The van der Waals surface area contributed by atoms with Crippen LogP contribution in [-0.4, -0.2) is 30.0 Å². The number of fused-ring (bicyclic) bond motifs is 1. The van der Waals surface area contributed by atoms with Crippen LogP contribution in [0.5, 0.6) is 5.75 Å². The predicted octanol–water partition coefficient (Wildman–Crippen LogP) is 6.07. The Hall–Kier alpha value is -3.54. The Morgan fingerprint density at radius 2 is 1.77 bits per heavy atom. The van der Waals surface area contributed by atoms with Crippen molar-refractivity contribution in [3.05, 3.63) is 71.3 Å². The summed E-state index contributed by atoms with van der Waals surface area (Å²) in [5.41, 5.74) is 2.81. The molecule has 8 nitrogen and oxygen atoms in total. The van der Waals surface area contributed by atoms with Gasteiger partial charge in [-0.05, 0) is 55.8 Å². The van der Waals surface area contributed by atoms with Crippen LogP contribution in [0.4, 0.5) is 16.6 Å². The lowest BCUT2D eigenvalue weighted by molar-refractivity contribution is 0.340. The molecule has 0 radical (unpaired) electrons. The van der Waals surface area contributed by atoms with E-state index < -0.39 is 10.0 Å². The number of thiophene rings is 1. The molecule has 0 unspecified atom stereocenters. The summed E-state index contributed by atoms with van der Waals surface area (Å²) in [5, 5.41) is 6.28. The molecule has 5 aromatic rings. The van der Waals surface area contributed by atoms with Crippen molar-refractivity contribution >= 4 is 59.6 Å². The van der Waals surface area contributed by atoms with Gasteiger partial charge in [0.1, 0.15) is 22.7 Å². The number of thiazole rings is 1. The van der Waals surface area contributed by atoms with Crippen molar-refractivity contribution in [1.29, 1.82) is 0 Å². The lowest BCUT2D eigenvalue weighted by Gasteiger charge is -2.11. The van der Waals surface area contributed by atoms with Gasteiger partial charge in [0.15, 0.2) is 5.13 Å². The number of aryl methyl sites for hydroxylation is 1. The standard InChI is InChI=1S/C24H21N5O3S3/c1-3-32-18-8-4-16(5-9-18)20-15(2)34-23-21(20)22(26-14-27-23)28-17-6-10-19(11-7-17)35(30,31)29-24-25-12-13-33-24/h4-14H,3H2,1-2H3,(H,25,29)(H,26,27,28). The molecule has 0 spiro atoms. The molecule has 0 bridgehead atoms. The van der Waals surface area contributed by atoms with Crippen LogP contribution in [-0.2, 0) is 10.0 Å². The number of aromatic nitrogens is 3. The summed E-state index contributed by atoms with van der Waals surface area (Å²) in [5.74, 6) is 1.47. The smallest absolute Gasteiger partial charge is 0.263 e. The highest BCUT2D eigenvalue weighted by Crippen LogP contribution is 2.41. The molecule has 0 fully saturated rings. The van der Waals surface area contributed by atoms with Crippen molar-refractivity contribution in [1.82, 2.24) is 15.0 Å². The molecule has 35 heavy (non-hydrogen) atoms. The third-order valence-electron chi connectivity index (χ3n) is 5.20. The molecule has 5 rings (SSSR count). The summed E-state index contributed by atoms with van der Waals surface area (Å²) in [7, 11) is -3.72. The molecular formula is C24H21N5O3S3. The van der Waals surface area contributed by atoms with Gasteiger partial charge in [0.25, 0.3) is 10.0 Å². The summed E-state index contributed by atoms with van der Waals surface area (Å²) in [4.78, 5) is 15.1. The molecule has 11 heteroatoms. The van der Waals surface area contributed by atoms with E-state index >= 15 is 0 Å². The predicted molar refractivity (Wildman–Crippen MR) is 141 cm³/mol.